The first-order valence-corrected chi connectivity index (χ1v) is 10.7. The molecule has 0 aliphatic heterocycles. The number of carbonyl (C=O) groups is 3. The van der Waals surface area contributed by atoms with E-state index < -0.39 is 22.1 Å². The van der Waals surface area contributed by atoms with Crippen molar-refractivity contribution in [2.24, 2.45) is 0 Å². The minimum atomic E-state index is -3.83. The number of sulfonamides is 1. The van der Waals surface area contributed by atoms with Gasteiger partial charge in [0, 0.05) is 24.7 Å². The van der Waals surface area contributed by atoms with Gasteiger partial charge in [-0.2, -0.15) is 0 Å². The van der Waals surface area contributed by atoms with E-state index in [1.807, 2.05) is 6.92 Å². The number of amides is 1. The van der Waals surface area contributed by atoms with Crippen molar-refractivity contribution in [3.8, 4) is 0 Å². The second-order valence-electron chi connectivity index (χ2n) is 6.72. The third-order valence-corrected chi connectivity index (χ3v) is 5.60. The topological polar surface area (TPSA) is 119 Å². The molecule has 8 nitrogen and oxygen atoms in total. The summed E-state index contributed by atoms with van der Waals surface area (Å²) in [7, 11) is -3.83. The smallest absolute Gasteiger partial charge is 0.307 e. The SMILES string of the molecule is CC(=O)Nc1ccc(S(=O)(=O)NCCC(=O)O[C@H](C)C(=O)c2ccc(C)cc2)cc1. The normalized spacial score (nSPS) is 12.1. The number of hydrogen-bond donors (Lipinski definition) is 2. The van der Waals surface area contributed by atoms with Crippen LogP contribution in [0.1, 0.15) is 36.2 Å². The molecule has 1 atom stereocenters. The van der Waals surface area contributed by atoms with Gasteiger partial charge in [0.2, 0.25) is 21.7 Å². The molecular formula is C21H24N2O6S. The maximum atomic E-state index is 12.3. The molecule has 30 heavy (non-hydrogen) atoms. The molecule has 0 heterocycles. The molecule has 0 aliphatic carbocycles. The Balaban J connectivity index is 1.84. The molecule has 0 spiro atoms. The summed E-state index contributed by atoms with van der Waals surface area (Å²) >= 11 is 0. The number of rotatable bonds is 9. The van der Waals surface area contributed by atoms with Gasteiger partial charge in [-0.25, -0.2) is 13.1 Å². The van der Waals surface area contributed by atoms with Crippen molar-refractivity contribution < 1.29 is 27.5 Å². The van der Waals surface area contributed by atoms with Gasteiger partial charge in [-0.15, -0.1) is 0 Å². The molecule has 160 valence electrons. The van der Waals surface area contributed by atoms with E-state index in [1.165, 1.54) is 38.1 Å². The average Bonchev–Trinajstić information content (AvgIpc) is 2.67. The molecule has 2 N–H and O–H groups in total. The van der Waals surface area contributed by atoms with Gasteiger partial charge in [-0.3, -0.25) is 14.4 Å². The first kappa shape index (κ1) is 23.2. The van der Waals surface area contributed by atoms with Gasteiger partial charge in [0.1, 0.15) is 0 Å². The fourth-order valence-electron chi connectivity index (χ4n) is 2.55. The largest absolute Gasteiger partial charge is 0.454 e. The van der Waals surface area contributed by atoms with Gasteiger partial charge < -0.3 is 10.1 Å². The van der Waals surface area contributed by atoms with Crippen LogP contribution in [0, 0.1) is 6.92 Å². The number of aryl methyl sites for hydroxylation is 1. The van der Waals surface area contributed by atoms with E-state index in [1.54, 1.807) is 24.3 Å². The lowest BCUT2D eigenvalue weighted by molar-refractivity contribution is -0.146. The Hall–Kier alpha value is -3.04. The minimum absolute atomic E-state index is 0.00659. The molecule has 0 aromatic heterocycles. The summed E-state index contributed by atoms with van der Waals surface area (Å²) in [5, 5.41) is 2.54. The van der Waals surface area contributed by atoms with Gasteiger partial charge in [0.25, 0.3) is 0 Å². The van der Waals surface area contributed by atoms with Crippen molar-refractivity contribution in [2.45, 2.75) is 38.2 Å². The van der Waals surface area contributed by atoms with Crippen LogP contribution in [0.5, 0.6) is 0 Å². The van der Waals surface area contributed by atoms with Crippen LogP contribution in [-0.2, 0) is 24.3 Å². The number of benzene rings is 2. The summed E-state index contributed by atoms with van der Waals surface area (Å²) in [6, 6.07) is 12.5. The number of ether oxygens (including phenoxy) is 1. The van der Waals surface area contributed by atoms with E-state index in [4.69, 9.17) is 4.74 Å². The van der Waals surface area contributed by atoms with Crippen molar-refractivity contribution in [1.82, 2.24) is 4.72 Å². The van der Waals surface area contributed by atoms with Gasteiger partial charge in [-0.05, 0) is 38.1 Å². The van der Waals surface area contributed by atoms with E-state index in [9.17, 15) is 22.8 Å². The molecule has 9 heteroatoms. The van der Waals surface area contributed by atoms with Crippen LogP contribution < -0.4 is 10.0 Å². The Morgan fingerprint density at radius 3 is 2.17 bits per heavy atom. The zero-order chi connectivity index (χ0) is 22.3. The van der Waals surface area contributed by atoms with Crippen molar-refractivity contribution in [3.63, 3.8) is 0 Å². The predicted molar refractivity (Wildman–Crippen MR) is 112 cm³/mol. The second kappa shape index (κ2) is 10.1. The van der Waals surface area contributed by atoms with Crippen molar-refractivity contribution in [2.75, 3.05) is 11.9 Å². The zero-order valence-electron chi connectivity index (χ0n) is 17.0. The number of esters is 1. The maximum Gasteiger partial charge on any atom is 0.307 e. The highest BCUT2D eigenvalue weighted by Gasteiger charge is 2.20. The van der Waals surface area contributed by atoms with Crippen LogP contribution in [0.15, 0.2) is 53.4 Å². The van der Waals surface area contributed by atoms with Crippen molar-refractivity contribution in [3.05, 3.63) is 59.7 Å². The molecule has 2 aromatic carbocycles. The molecule has 0 aliphatic rings. The monoisotopic (exact) mass is 432 g/mol. The van der Waals surface area contributed by atoms with Gasteiger partial charge in [0.15, 0.2) is 6.10 Å². The summed E-state index contributed by atoms with van der Waals surface area (Å²) in [5.41, 5.74) is 1.91. The van der Waals surface area contributed by atoms with E-state index in [0.29, 0.717) is 11.3 Å². The molecule has 0 saturated heterocycles. The molecule has 0 fully saturated rings. The zero-order valence-corrected chi connectivity index (χ0v) is 17.8. The summed E-state index contributed by atoms with van der Waals surface area (Å²) < 4.78 is 32.0. The predicted octanol–water partition coefficient (Wildman–Crippen LogP) is 2.44. The van der Waals surface area contributed by atoms with E-state index >= 15 is 0 Å². The van der Waals surface area contributed by atoms with Crippen LogP contribution in [0.2, 0.25) is 0 Å². The average molecular weight is 432 g/mol. The Bertz CT molecular complexity index is 1010. The molecule has 2 aromatic rings. The van der Waals surface area contributed by atoms with Gasteiger partial charge in [-0.1, -0.05) is 29.8 Å². The lowest BCUT2D eigenvalue weighted by atomic mass is 10.1. The first-order valence-electron chi connectivity index (χ1n) is 9.26. The Labute approximate surface area is 175 Å². The fraction of sp³-hybridized carbons (Fsp3) is 0.286. The third kappa shape index (κ3) is 6.78. The lowest BCUT2D eigenvalue weighted by Crippen LogP contribution is -2.29. The van der Waals surface area contributed by atoms with Crippen LogP contribution >= 0.6 is 0 Å². The highest BCUT2D eigenvalue weighted by Crippen LogP contribution is 2.14. The molecule has 0 saturated carbocycles. The van der Waals surface area contributed by atoms with Crippen molar-refractivity contribution >= 4 is 33.4 Å². The highest BCUT2D eigenvalue weighted by molar-refractivity contribution is 7.89. The van der Waals surface area contributed by atoms with Gasteiger partial charge >= 0.3 is 5.97 Å². The van der Waals surface area contributed by atoms with E-state index in [-0.39, 0.29) is 29.6 Å². The number of hydrogen-bond acceptors (Lipinski definition) is 6. The maximum absolute atomic E-state index is 12.3. The summed E-state index contributed by atoms with van der Waals surface area (Å²) in [6.45, 7) is 4.54. The van der Waals surface area contributed by atoms with Crippen LogP contribution in [-0.4, -0.2) is 38.7 Å². The Kier molecular flexibility index (Phi) is 7.85. The lowest BCUT2D eigenvalue weighted by Gasteiger charge is -2.13. The number of carbonyl (C=O) groups excluding carboxylic acids is 3. The number of nitrogens with one attached hydrogen (secondary N) is 2. The van der Waals surface area contributed by atoms with Crippen LogP contribution in [0.3, 0.4) is 0 Å². The molecule has 0 bridgehead atoms. The second-order valence-corrected chi connectivity index (χ2v) is 8.48. The number of ketones is 1. The highest BCUT2D eigenvalue weighted by atomic mass is 32.2. The fourth-order valence-corrected chi connectivity index (χ4v) is 3.59. The molecule has 2 rings (SSSR count). The summed E-state index contributed by atoms with van der Waals surface area (Å²) in [5.74, 6) is -1.29. The minimum Gasteiger partial charge on any atom is -0.454 e. The summed E-state index contributed by atoms with van der Waals surface area (Å²) in [6.07, 6.45) is -1.20. The molecule has 1 amide bonds. The molecule has 0 radical (unpaired) electrons. The standard InChI is InChI=1S/C21H24N2O6S/c1-14-4-6-17(7-5-14)21(26)15(2)29-20(25)12-13-22-30(27,28)19-10-8-18(9-11-19)23-16(3)24/h4-11,15,22H,12-13H2,1-3H3,(H,23,24)/t15-/m1/s1. The Morgan fingerprint density at radius 2 is 1.60 bits per heavy atom. The van der Waals surface area contributed by atoms with Crippen LogP contribution in [0.25, 0.3) is 0 Å². The first-order chi connectivity index (χ1) is 14.1. The van der Waals surface area contributed by atoms with Crippen LogP contribution in [0.4, 0.5) is 5.69 Å². The quantitative estimate of drug-likeness (QED) is 0.464. The van der Waals surface area contributed by atoms with Crippen molar-refractivity contribution in [1.29, 1.82) is 0 Å². The number of Topliss-reactive ketones (excluding diaryl/α,β-unsaturated/α-hetero) is 1. The summed E-state index contributed by atoms with van der Waals surface area (Å²) in [4.78, 5) is 35.3. The third-order valence-electron chi connectivity index (χ3n) is 4.12. The van der Waals surface area contributed by atoms with E-state index in [0.717, 1.165) is 5.56 Å². The molecular weight excluding hydrogens is 408 g/mol. The Morgan fingerprint density at radius 1 is 1.00 bits per heavy atom. The van der Waals surface area contributed by atoms with E-state index in [2.05, 4.69) is 10.0 Å². The van der Waals surface area contributed by atoms with Gasteiger partial charge in [0.05, 0.1) is 11.3 Å². The number of anilines is 1. The molecule has 0 unspecified atom stereocenters.